The minimum absolute atomic E-state index is 0.176. The molecule has 0 bridgehead atoms. The van der Waals surface area contributed by atoms with Gasteiger partial charge in [0.1, 0.15) is 5.69 Å². The molecule has 156 valence electrons. The first-order valence-corrected chi connectivity index (χ1v) is 10.3. The fraction of sp³-hybridized carbons (Fsp3) is 0.286. The molecule has 4 aromatic rings. The van der Waals surface area contributed by atoms with E-state index >= 15 is 0 Å². The van der Waals surface area contributed by atoms with Crippen molar-refractivity contribution in [1.29, 1.82) is 0 Å². The van der Waals surface area contributed by atoms with Gasteiger partial charge < -0.3 is 15.4 Å². The number of nitrogens with zero attached hydrogens (tertiary/aromatic N) is 5. The summed E-state index contributed by atoms with van der Waals surface area (Å²) in [5.41, 5.74) is 1.84. The third kappa shape index (κ3) is 3.25. The normalized spacial score (nSPS) is 18.6. The molecule has 2 aliphatic carbocycles. The van der Waals surface area contributed by atoms with E-state index in [-0.39, 0.29) is 23.2 Å². The first kappa shape index (κ1) is 17.9. The van der Waals surface area contributed by atoms with E-state index in [9.17, 15) is 9.90 Å². The molecule has 0 unspecified atom stereocenters. The second kappa shape index (κ2) is 6.53. The van der Waals surface area contributed by atoms with Crippen LogP contribution < -0.4 is 21.8 Å². The van der Waals surface area contributed by atoms with Gasteiger partial charge in [0.2, 0.25) is 11.8 Å². The van der Waals surface area contributed by atoms with Crippen molar-refractivity contribution in [3.05, 3.63) is 69.1 Å². The standard InChI is InChI=1S/C21H20N8O2/c30-17-15(24-20(31)26-17)10-12-11-22-29-16(12)25-18(27-19(29)23-14-6-7-14)28-21(8-9-21)13-4-2-1-3-5-13/h1-5,10-11,14,30H,6-9H2,(H,23,27,28)(H2,24,26,31)/b12-10-. The van der Waals surface area contributed by atoms with E-state index in [0.717, 1.165) is 25.7 Å². The van der Waals surface area contributed by atoms with Gasteiger partial charge in [0.05, 0.1) is 17.8 Å². The molecule has 3 heterocycles. The third-order valence-electron chi connectivity index (χ3n) is 5.69. The van der Waals surface area contributed by atoms with Crippen molar-refractivity contribution in [2.24, 2.45) is 4.99 Å². The molecule has 2 saturated carbocycles. The highest BCUT2D eigenvalue weighted by Crippen LogP contribution is 2.47. The number of rotatable bonds is 5. The number of aromatic hydroxyl groups is 1. The van der Waals surface area contributed by atoms with E-state index in [1.807, 2.05) is 18.2 Å². The van der Waals surface area contributed by atoms with Crippen LogP contribution in [0.2, 0.25) is 0 Å². The van der Waals surface area contributed by atoms with Gasteiger partial charge in [-0.1, -0.05) is 30.3 Å². The van der Waals surface area contributed by atoms with Crippen LogP contribution >= 0.6 is 0 Å². The van der Waals surface area contributed by atoms with Crippen LogP contribution in [0.3, 0.4) is 0 Å². The lowest BCUT2D eigenvalue weighted by Gasteiger charge is -2.17. The molecule has 0 spiro atoms. The predicted molar refractivity (Wildman–Crippen MR) is 112 cm³/mol. The summed E-state index contributed by atoms with van der Waals surface area (Å²) in [4.78, 5) is 30.4. The lowest BCUT2D eigenvalue weighted by atomic mass is 10.1. The van der Waals surface area contributed by atoms with Crippen LogP contribution in [0.15, 0.2) is 46.3 Å². The Kier molecular flexibility index (Phi) is 3.76. The number of hydrogen-bond acceptors (Lipinski definition) is 7. The number of aromatic amines is 2. The van der Waals surface area contributed by atoms with E-state index in [2.05, 4.69) is 37.5 Å². The fourth-order valence-electron chi connectivity index (χ4n) is 3.72. The maximum Gasteiger partial charge on any atom is 0.326 e. The van der Waals surface area contributed by atoms with Gasteiger partial charge in [-0.15, -0.1) is 0 Å². The van der Waals surface area contributed by atoms with E-state index in [1.165, 1.54) is 5.56 Å². The van der Waals surface area contributed by atoms with Gasteiger partial charge in [0.25, 0.3) is 5.62 Å². The lowest BCUT2D eigenvalue weighted by molar-refractivity contribution is 0.454. The molecule has 3 aromatic heterocycles. The first-order valence-electron chi connectivity index (χ1n) is 10.3. The van der Waals surface area contributed by atoms with Gasteiger partial charge in [-0.3, -0.25) is 4.98 Å². The van der Waals surface area contributed by atoms with E-state index in [4.69, 9.17) is 9.98 Å². The minimum Gasteiger partial charge on any atom is -0.493 e. The van der Waals surface area contributed by atoms with Crippen molar-refractivity contribution in [2.45, 2.75) is 37.3 Å². The van der Waals surface area contributed by atoms with Crippen molar-refractivity contribution in [2.75, 3.05) is 5.32 Å². The van der Waals surface area contributed by atoms with Gasteiger partial charge in [-0.25, -0.2) is 9.79 Å². The SMILES string of the molecule is O=c1[nH]c(O)c(/C=c2/cnn3c(=NC4CC4)nc(NC4(c5ccccc5)CC4)nc23)[nH]1. The molecular weight excluding hydrogens is 396 g/mol. The van der Waals surface area contributed by atoms with E-state index < -0.39 is 5.69 Å². The quantitative estimate of drug-likeness (QED) is 0.375. The maximum atomic E-state index is 11.5. The molecular formula is C21H20N8O2. The average molecular weight is 416 g/mol. The third-order valence-corrected chi connectivity index (χ3v) is 5.69. The topological polar surface area (TPSA) is 136 Å². The second-order valence-electron chi connectivity index (χ2n) is 8.10. The number of fused-ring (bicyclic) bond motifs is 1. The summed E-state index contributed by atoms with van der Waals surface area (Å²) in [5, 5.41) is 18.5. The van der Waals surface area contributed by atoms with E-state index in [1.54, 1.807) is 16.8 Å². The summed E-state index contributed by atoms with van der Waals surface area (Å²) in [5.74, 6) is 0.246. The van der Waals surface area contributed by atoms with E-state index in [0.29, 0.717) is 22.4 Å². The Morgan fingerprint density at radius 3 is 2.68 bits per heavy atom. The highest BCUT2D eigenvalue weighted by Gasteiger charge is 2.45. The van der Waals surface area contributed by atoms with Crippen molar-refractivity contribution >= 4 is 17.7 Å². The van der Waals surface area contributed by atoms with Crippen molar-refractivity contribution in [1.82, 2.24) is 29.5 Å². The zero-order valence-corrected chi connectivity index (χ0v) is 16.5. The zero-order valence-electron chi connectivity index (χ0n) is 16.5. The van der Waals surface area contributed by atoms with Crippen molar-refractivity contribution < 1.29 is 5.11 Å². The summed E-state index contributed by atoms with van der Waals surface area (Å²) in [6.45, 7) is 0. The van der Waals surface area contributed by atoms with Crippen molar-refractivity contribution in [3.63, 3.8) is 0 Å². The molecule has 0 amide bonds. The number of anilines is 1. The highest BCUT2D eigenvalue weighted by atomic mass is 16.3. The molecule has 0 atom stereocenters. The number of imidazole rings is 1. The minimum atomic E-state index is -0.486. The molecule has 4 N–H and O–H groups in total. The van der Waals surface area contributed by atoms with Crippen molar-refractivity contribution in [3.8, 4) is 5.88 Å². The number of H-pyrrole nitrogens is 2. The molecule has 2 aliphatic rings. The summed E-state index contributed by atoms with van der Waals surface area (Å²) < 4.78 is 1.60. The molecule has 1 aromatic carbocycles. The Bertz CT molecular complexity index is 1460. The fourth-order valence-corrected chi connectivity index (χ4v) is 3.72. The molecule has 31 heavy (non-hydrogen) atoms. The maximum absolute atomic E-state index is 11.5. The van der Waals surface area contributed by atoms with Crippen LogP contribution in [0, 0.1) is 0 Å². The molecule has 0 saturated heterocycles. The molecule has 0 aliphatic heterocycles. The van der Waals surface area contributed by atoms with Gasteiger partial charge in [0, 0.05) is 5.22 Å². The van der Waals surface area contributed by atoms with Crippen LogP contribution in [0.25, 0.3) is 11.7 Å². The summed E-state index contributed by atoms with van der Waals surface area (Å²) >= 11 is 0. The summed E-state index contributed by atoms with van der Waals surface area (Å²) in [6.07, 6.45) is 7.32. The second-order valence-corrected chi connectivity index (χ2v) is 8.10. The van der Waals surface area contributed by atoms with Gasteiger partial charge >= 0.3 is 5.69 Å². The van der Waals surface area contributed by atoms with Crippen LogP contribution in [-0.4, -0.2) is 40.7 Å². The highest BCUT2D eigenvalue weighted by molar-refractivity contribution is 5.57. The van der Waals surface area contributed by atoms with Gasteiger partial charge in [-0.05, 0) is 37.3 Å². The Morgan fingerprint density at radius 1 is 1.19 bits per heavy atom. The number of benzene rings is 1. The largest absolute Gasteiger partial charge is 0.493 e. The molecule has 10 nitrogen and oxygen atoms in total. The number of hydrogen-bond donors (Lipinski definition) is 4. The van der Waals surface area contributed by atoms with Crippen LogP contribution in [0.5, 0.6) is 5.88 Å². The first-order chi connectivity index (χ1) is 15.1. The van der Waals surface area contributed by atoms with Gasteiger partial charge in [-0.2, -0.15) is 19.6 Å². The Balaban J connectivity index is 1.50. The number of aromatic nitrogens is 6. The molecule has 6 rings (SSSR count). The summed E-state index contributed by atoms with van der Waals surface area (Å²) in [6, 6.07) is 10.5. The lowest BCUT2D eigenvalue weighted by Crippen LogP contribution is -2.28. The molecule has 0 radical (unpaired) electrons. The summed E-state index contributed by atoms with van der Waals surface area (Å²) in [7, 11) is 0. The smallest absolute Gasteiger partial charge is 0.326 e. The zero-order chi connectivity index (χ0) is 21.0. The average Bonchev–Trinajstić information content (AvgIpc) is 3.67. The molecule has 2 fully saturated rings. The Morgan fingerprint density at radius 2 is 2.00 bits per heavy atom. The van der Waals surface area contributed by atoms with Crippen LogP contribution in [0.1, 0.15) is 36.9 Å². The monoisotopic (exact) mass is 416 g/mol. The number of nitrogens with one attached hydrogen (secondary N) is 3. The van der Waals surface area contributed by atoms with Crippen LogP contribution in [-0.2, 0) is 5.54 Å². The Labute approximate surface area is 175 Å². The predicted octanol–water partition coefficient (Wildman–Crippen LogP) is 0.558. The van der Waals surface area contributed by atoms with Gasteiger partial charge in [0.15, 0.2) is 5.65 Å². The molecule has 10 heteroatoms. The van der Waals surface area contributed by atoms with Crippen LogP contribution in [0.4, 0.5) is 5.95 Å². The Hall–Kier alpha value is -3.95.